The first-order valence-corrected chi connectivity index (χ1v) is 9.38. The molecule has 0 spiro atoms. The summed E-state index contributed by atoms with van der Waals surface area (Å²) >= 11 is 1.85. The zero-order valence-corrected chi connectivity index (χ0v) is 13.8. The molecule has 0 N–H and O–H groups in total. The van der Waals surface area contributed by atoms with Crippen molar-refractivity contribution in [3.05, 3.63) is 21.9 Å². The van der Waals surface area contributed by atoms with Crippen molar-refractivity contribution in [2.24, 2.45) is 0 Å². The molecule has 1 aromatic heterocycles. The number of morpholine rings is 1. The second-order valence-corrected chi connectivity index (χ2v) is 7.68. The van der Waals surface area contributed by atoms with Gasteiger partial charge in [-0.25, -0.2) is 0 Å². The lowest BCUT2D eigenvalue weighted by Gasteiger charge is -2.44. The van der Waals surface area contributed by atoms with Crippen LogP contribution in [0.5, 0.6) is 0 Å². The Kier molecular flexibility index (Phi) is 4.20. The molecule has 4 rings (SSSR count). The number of amides is 1. The molecular formula is C17H24N2O2S. The van der Waals surface area contributed by atoms with Gasteiger partial charge in [-0.15, -0.1) is 11.3 Å². The molecule has 1 amide bonds. The highest BCUT2D eigenvalue weighted by Gasteiger charge is 2.37. The molecule has 1 saturated heterocycles. The van der Waals surface area contributed by atoms with E-state index in [0.717, 1.165) is 38.9 Å². The summed E-state index contributed by atoms with van der Waals surface area (Å²) in [6, 6.07) is 2.54. The maximum absolute atomic E-state index is 12.8. The number of nitrogens with zero attached hydrogens (tertiary/aromatic N) is 2. The maximum atomic E-state index is 12.8. The zero-order chi connectivity index (χ0) is 14.9. The lowest BCUT2D eigenvalue weighted by molar-refractivity contribution is -0.150. The Morgan fingerprint density at radius 3 is 3.18 bits per heavy atom. The molecule has 2 aliphatic heterocycles. The second-order valence-electron chi connectivity index (χ2n) is 6.68. The fourth-order valence-electron chi connectivity index (χ4n) is 4.13. The number of thiophene rings is 1. The van der Waals surface area contributed by atoms with Crippen molar-refractivity contribution < 1.29 is 9.53 Å². The van der Waals surface area contributed by atoms with Gasteiger partial charge in [0, 0.05) is 24.5 Å². The standard InChI is InChI=1S/C17H24N2O2S/c20-17(12-18-7-5-16-13(11-18)6-10-22-16)19-8-9-21-15-4-2-1-3-14(15)19/h6,10,14-15H,1-5,7-9,11-12H2/t14-,15+/m1/s1. The average Bonchev–Trinajstić information content (AvgIpc) is 3.02. The number of hydrogen-bond donors (Lipinski definition) is 0. The lowest BCUT2D eigenvalue weighted by Crippen LogP contribution is -2.56. The van der Waals surface area contributed by atoms with Crippen LogP contribution in [0.4, 0.5) is 0 Å². The summed E-state index contributed by atoms with van der Waals surface area (Å²) in [7, 11) is 0. The van der Waals surface area contributed by atoms with E-state index >= 15 is 0 Å². The molecule has 2 atom stereocenters. The predicted octanol–water partition coefficient (Wildman–Crippen LogP) is 2.28. The fourth-order valence-corrected chi connectivity index (χ4v) is 5.02. The first-order valence-electron chi connectivity index (χ1n) is 8.50. The van der Waals surface area contributed by atoms with Crippen molar-refractivity contribution in [2.75, 3.05) is 26.2 Å². The van der Waals surface area contributed by atoms with Gasteiger partial charge in [-0.1, -0.05) is 12.8 Å². The molecule has 0 aromatic carbocycles. The van der Waals surface area contributed by atoms with Crippen molar-refractivity contribution in [2.45, 2.75) is 50.8 Å². The van der Waals surface area contributed by atoms with E-state index < -0.39 is 0 Å². The molecule has 5 heteroatoms. The van der Waals surface area contributed by atoms with Crippen LogP contribution in [0.25, 0.3) is 0 Å². The molecule has 22 heavy (non-hydrogen) atoms. The molecule has 120 valence electrons. The van der Waals surface area contributed by atoms with E-state index in [4.69, 9.17) is 4.74 Å². The van der Waals surface area contributed by atoms with Gasteiger partial charge in [-0.05, 0) is 36.3 Å². The Morgan fingerprint density at radius 2 is 2.23 bits per heavy atom. The summed E-state index contributed by atoms with van der Waals surface area (Å²) < 4.78 is 5.88. The summed E-state index contributed by atoms with van der Waals surface area (Å²) in [4.78, 5) is 18.7. The van der Waals surface area contributed by atoms with Gasteiger partial charge in [0.25, 0.3) is 0 Å². The first-order chi connectivity index (χ1) is 10.8. The molecule has 0 radical (unpaired) electrons. The Morgan fingerprint density at radius 1 is 1.32 bits per heavy atom. The zero-order valence-electron chi connectivity index (χ0n) is 13.0. The topological polar surface area (TPSA) is 32.8 Å². The lowest BCUT2D eigenvalue weighted by atomic mass is 9.90. The molecule has 1 aliphatic carbocycles. The van der Waals surface area contributed by atoms with Gasteiger partial charge < -0.3 is 9.64 Å². The Hall–Kier alpha value is -0.910. The normalized spacial score (nSPS) is 29.0. The van der Waals surface area contributed by atoms with Gasteiger partial charge in [0.1, 0.15) is 0 Å². The van der Waals surface area contributed by atoms with Crippen LogP contribution in [0, 0.1) is 0 Å². The number of carbonyl (C=O) groups excluding carboxylic acids is 1. The predicted molar refractivity (Wildman–Crippen MR) is 87.0 cm³/mol. The van der Waals surface area contributed by atoms with E-state index in [1.165, 1.54) is 23.3 Å². The largest absolute Gasteiger partial charge is 0.374 e. The average molecular weight is 320 g/mol. The second kappa shape index (κ2) is 6.30. The van der Waals surface area contributed by atoms with Gasteiger partial charge in [0.2, 0.25) is 5.91 Å². The van der Waals surface area contributed by atoms with Gasteiger partial charge in [-0.2, -0.15) is 0 Å². The summed E-state index contributed by atoms with van der Waals surface area (Å²) in [6.45, 7) is 4.00. The third-order valence-electron chi connectivity index (χ3n) is 5.30. The highest BCUT2D eigenvalue weighted by atomic mass is 32.1. The Bertz CT molecular complexity index is 543. The molecular weight excluding hydrogens is 296 g/mol. The Labute approximate surface area is 136 Å². The number of fused-ring (bicyclic) bond motifs is 2. The summed E-state index contributed by atoms with van der Waals surface area (Å²) in [6.07, 6.45) is 6.10. The quantitative estimate of drug-likeness (QED) is 0.838. The van der Waals surface area contributed by atoms with Gasteiger partial charge in [0.15, 0.2) is 0 Å². The van der Waals surface area contributed by atoms with Crippen LogP contribution in [-0.2, 0) is 22.5 Å². The van der Waals surface area contributed by atoms with E-state index in [9.17, 15) is 4.79 Å². The van der Waals surface area contributed by atoms with E-state index in [1.807, 2.05) is 11.3 Å². The molecule has 3 heterocycles. The van der Waals surface area contributed by atoms with Crippen LogP contribution in [0.2, 0.25) is 0 Å². The minimum atomic E-state index is 0.288. The smallest absolute Gasteiger partial charge is 0.237 e. The number of rotatable bonds is 2. The van der Waals surface area contributed by atoms with Gasteiger partial charge >= 0.3 is 0 Å². The minimum Gasteiger partial charge on any atom is -0.374 e. The van der Waals surface area contributed by atoms with Crippen LogP contribution in [0.15, 0.2) is 11.4 Å². The minimum absolute atomic E-state index is 0.288. The van der Waals surface area contributed by atoms with E-state index in [2.05, 4.69) is 21.2 Å². The maximum Gasteiger partial charge on any atom is 0.237 e. The third kappa shape index (κ3) is 2.82. The summed E-state index contributed by atoms with van der Waals surface area (Å²) in [5, 5.41) is 2.17. The number of carbonyl (C=O) groups is 1. The van der Waals surface area contributed by atoms with E-state index in [-0.39, 0.29) is 6.10 Å². The van der Waals surface area contributed by atoms with Crippen LogP contribution in [-0.4, -0.2) is 54.1 Å². The molecule has 1 saturated carbocycles. The highest BCUT2D eigenvalue weighted by molar-refractivity contribution is 7.10. The third-order valence-corrected chi connectivity index (χ3v) is 6.32. The molecule has 2 fully saturated rings. The molecule has 4 nitrogen and oxygen atoms in total. The monoisotopic (exact) mass is 320 g/mol. The van der Waals surface area contributed by atoms with Crippen LogP contribution in [0.1, 0.15) is 36.1 Å². The van der Waals surface area contributed by atoms with Crippen molar-refractivity contribution >= 4 is 17.2 Å². The van der Waals surface area contributed by atoms with Crippen molar-refractivity contribution in [3.63, 3.8) is 0 Å². The van der Waals surface area contributed by atoms with Crippen molar-refractivity contribution in [3.8, 4) is 0 Å². The first kappa shape index (κ1) is 14.7. The van der Waals surface area contributed by atoms with Crippen molar-refractivity contribution in [1.29, 1.82) is 0 Å². The summed E-state index contributed by atoms with van der Waals surface area (Å²) in [5.74, 6) is 0.305. The molecule has 1 aromatic rings. The molecule has 0 unspecified atom stereocenters. The Balaban J connectivity index is 1.39. The fraction of sp³-hybridized carbons (Fsp3) is 0.706. The van der Waals surface area contributed by atoms with Crippen LogP contribution in [0.3, 0.4) is 0 Å². The van der Waals surface area contributed by atoms with Gasteiger partial charge in [-0.3, -0.25) is 9.69 Å². The van der Waals surface area contributed by atoms with Crippen LogP contribution >= 0.6 is 11.3 Å². The van der Waals surface area contributed by atoms with Gasteiger partial charge in [0.05, 0.1) is 25.3 Å². The molecule has 0 bridgehead atoms. The SMILES string of the molecule is O=C(CN1CCc2sccc2C1)N1CCO[C@H]2CCCC[C@H]21. The van der Waals surface area contributed by atoms with Crippen LogP contribution < -0.4 is 0 Å². The number of ether oxygens (including phenoxy) is 1. The highest BCUT2D eigenvalue weighted by Crippen LogP contribution is 2.29. The van der Waals surface area contributed by atoms with E-state index in [1.54, 1.807) is 0 Å². The van der Waals surface area contributed by atoms with Crippen molar-refractivity contribution in [1.82, 2.24) is 9.80 Å². The molecule has 3 aliphatic rings. The van der Waals surface area contributed by atoms with E-state index in [0.29, 0.717) is 25.1 Å². The number of hydrogen-bond acceptors (Lipinski definition) is 4. The summed E-state index contributed by atoms with van der Waals surface area (Å²) in [5.41, 5.74) is 1.42.